The first kappa shape index (κ1) is 91.6. The number of nitrogens with one attached hydrogen (secondary N) is 4. The number of hydrogen-bond acceptors (Lipinski definition) is 16. The molecule has 2 aliphatic heterocycles. The Morgan fingerprint density at radius 1 is 0.524 bits per heavy atom. The lowest BCUT2D eigenvalue weighted by Gasteiger charge is -2.42. The summed E-state index contributed by atoms with van der Waals surface area (Å²) in [6.45, 7) is 27.3. The number of rotatable bonds is 20. The molecule has 12 amide bonds. The zero-order valence-corrected chi connectivity index (χ0v) is 65.9. The van der Waals surface area contributed by atoms with Crippen molar-refractivity contribution in [1.29, 1.82) is 0 Å². The van der Waals surface area contributed by atoms with E-state index in [1.807, 2.05) is 41.5 Å². The molecule has 2 saturated heterocycles. The summed E-state index contributed by atoms with van der Waals surface area (Å²) in [5.41, 5.74) is 0. The van der Waals surface area contributed by atoms with E-state index in [4.69, 9.17) is 9.47 Å². The van der Waals surface area contributed by atoms with Crippen LogP contribution in [0.15, 0.2) is 12.2 Å². The molecule has 2 aliphatic rings. The van der Waals surface area contributed by atoms with Crippen LogP contribution >= 0.6 is 0 Å². The highest BCUT2D eigenvalue weighted by atomic mass is 19.4. The maximum Gasteiger partial charge on any atom is 0.401 e. The average Bonchev–Trinajstić information content (AvgIpc) is 0.798. The summed E-state index contributed by atoms with van der Waals surface area (Å²) in [6.07, 6.45) is -1.91. The van der Waals surface area contributed by atoms with E-state index >= 15 is 28.8 Å². The zero-order valence-electron chi connectivity index (χ0n) is 65.9. The van der Waals surface area contributed by atoms with Crippen molar-refractivity contribution < 1.29 is 85.0 Å². The van der Waals surface area contributed by atoms with E-state index in [1.54, 1.807) is 60.6 Å². The molecule has 103 heavy (non-hydrogen) atoms. The van der Waals surface area contributed by atoms with Crippen LogP contribution in [-0.2, 0) is 71.8 Å². The number of amides is 12. The molecule has 588 valence electrons. The van der Waals surface area contributed by atoms with E-state index in [0.717, 1.165) is 26.5 Å². The zero-order chi connectivity index (χ0) is 79.3. The van der Waals surface area contributed by atoms with Crippen LogP contribution in [0.5, 0.6) is 0 Å². The van der Waals surface area contributed by atoms with Gasteiger partial charge in [0.15, 0.2) is 0 Å². The molecule has 2 fully saturated rings. The number of piperazine rings is 1. The fourth-order valence-corrected chi connectivity index (χ4v) is 13.1. The van der Waals surface area contributed by atoms with E-state index in [-0.39, 0.29) is 82.6 Å². The molecule has 0 aromatic rings. The lowest BCUT2D eigenvalue weighted by atomic mass is 9.91. The number of halogens is 3. The van der Waals surface area contributed by atoms with Gasteiger partial charge in [-0.05, 0) is 95.3 Å². The van der Waals surface area contributed by atoms with Gasteiger partial charge in [-0.2, -0.15) is 13.2 Å². The van der Waals surface area contributed by atoms with Crippen molar-refractivity contribution in [3.8, 4) is 0 Å². The van der Waals surface area contributed by atoms with Crippen molar-refractivity contribution in [2.75, 3.05) is 95.3 Å². The Morgan fingerprint density at radius 2 is 0.990 bits per heavy atom. The number of hydrogen-bond donors (Lipinski definition) is 4. The molecule has 14 atom stereocenters. The Kier molecular flexibility index (Phi) is 36.8. The topological polar surface area (TPSA) is 318 Å². The minimum atomic E-state index is -4.44. The van der Waals surface area contributed by atoms with Crippen LogP contribution in [0.4, 0.5) is 13.2 Å². The lowest BCUT2D eigenvalue weighted by molar-refractivity contribution is -0.164. The molecule has 31 heteroatoms. The van der Waals surface area contributed by atoms with Crippen molar-refractivity contribution in [3.63, 3.8) is 0 Å². The molecule has 0 saturated carbocycles. The summed E-state index contributed by atoms with van der Waals surface area (Å²) in [5.74, 6) is -13.7. The second-order valence-corrected chi connectivity index (χ2v) is 30.1. The van der Waals surface area contributed by atoms with Crippen LogP contribution < -0.4 is 21.3 Å². The van der Waals surface area contributed by atoms with Gasteiger partial charge in [-0.25, -0.2) is 0 Å². The van der Waals surface area contributed by atoms with Crippen LogP contribution in [0.2, 0.25) is 0 Å². The highest BCUT2D eigenvalue weighted by Crippen LogP contribution is 2.28. The first-order chi connectivity index (χ1) is 47.6. The number of ether oxygens (including phenoxy) is 2. The van der Waals surface area contributed by atoms with E-state index < -0.39 is 192 Å². The largest absolute Gasteiger partial charge is 0.459 e. The number of nitrogens with zero attached hydrogens (tertiary/aromatic N) is 9. The molecule has 2 heterocycles. The van der Waals surface area contributed by atoms with Gasteiger partial charge in [0.25, 0.3) is 0 Å². The van der Waals surface area contributed by atoms with Gasteiger partial charge in [-0.1, -0.05) is 102 Å². The van der Waals surface area contributed by atoms with Gasteiger partial charge in [0, 0.05) is 88.4 Å². The molecule has 0 aliphatic carbocycles. The van der Waals surface area contributed by atoms with Gasteiger partial charge in [0.2, 0.25) is 70.9 Å². The third-order valence-electron chi connectivity index (χ3n) is 19.3. The van der Waals surface area contributed by atoms with Gasteiger partial charge in [-0.3, -0.25) is 67.2 Å². The van der Waals surface area contributed by atoms with Gasteiger partial charge < -0.3 is 69.9 Å². The van der Waals surface area contributed by atoms with Crippen molar-refractivity contribution in [3.05, 3.63) is 12.2 Å². The predicted octanol–water partition coefficient (Wildman–Crippen LogP) is 3.54. The van der Waals surface area contributed by atoms with Gasteiger partial charge in [-0.15, -0.1) is 0 Å². The Labute approximate surface area is 609 Å². The molecule has 0 aromatic heterocycles. The number of esters is 1. The molecule has 0 unspecified atom stereocenters. The third-order valence-corrected chi connectivity index (χ3v) is 19.3. The summed E-state index contributed by atoms with van der Waals surface area (Å²) in [5, 5.41) is 10.9. The Hall–Kier alpha value is -7.44. The Balaban J connectivity index is 3.08. The van der Waals surface area contributed by atoms with Gasteiger partial charge in [0.05, 0.1) is 13.2 Å². The predicted molar refractivity (Wildman–Crippen MR) is 382 cm³/mol. The summed E-state index contributed by atoms with van der Waals surface area (Å²) >= 11 is 0. The minimum absolute atomic E-state index is 0.0153. The quantitative estimate of drug-likeness (QED) is 0.100. The molecule has 0 radical (unpaired) electrons. The summed E-state index contributed by atoms with van der Waals surface area (Å²) in [4.78, 5) is 202. The van der Waals surface area contributed by atoms with E-state index in [9.17, 15) is 46.7 Å². The molecule has 28 nitrogen and oxygen atoms in total. The van der Waals surface area contributed by atoms with E-state index in [2.05, 4.69) is 21.3 Å². The monoisotopic (exact) mass is 1470 g/mol. The smallest absolute Gasteiger partial charge is 0.401 e. The number of allylic oxidation sites excluding steroid dienone is 2. The van der Waals surface area contributed by atoms with E-state index in [1.165, 1.54) is 102 Å². The third kappa shape index (κ3) is 26.3. The second kappa shape index (κ2) is 41.3. The number of carbonyl (C=O) groups is 13. The van der Waals surface area contributed by atoms with Gasteiger partial charge in [0.1, 0.15) is 79.2 Å². The fraction of sp³-hybridized carbons (Fsp3) is 0.792. The maximum absolute atomic E-state index is 15.6. The lowest BCUT2D eigenvalue weighted by Crippen LogP contribution is -2.64. The first-order valence-corrected chi connectivity index (χ1v) is 36.1. The van der Waals surface area contributed by atoms with Crippen molar-refractivity contribution in [1.82, 2.24) is 65.4 Å². The minimum Gasteiger partial charge on any atom is -0.459 e. The molecule has 4 N–H and O–H groups in total. The molecular weight excluding hydrogens is 1340 g/mol. The van der Waals surface area contributed by atoms with E-state index in [0.29, 0.717) is 0 Å². The summed E-state index contributed by atoms with van der Waals surface area (Å²) < 4.78 is 51.4. The second-order valence-electron chi connectivity index (χ2n) is 30.1. The number of alkyl halides is 3. The SMILES string of the molecule is C/C=C/C[C@@H](C)[C@@H](OC(C)=O)[C@H]1C(=O)N[C@@H](CC)C(=O)N(C)[C@H](C)C(=O)N(C)[C@@H]([C@H](C)COCC(=O)N2CCN(CC(F)(F)F)CC2)C(=O)N[C@@H](C(C)C)C(=O)N(C)[C@@H](CC(C)C)C(=O)N[C@@H](C)C(=O)N[C@H](C)C(=O)N(C)[C@@H](CC(C)C)C(=O)N(C)[C@@H](CC(C)C)C(=O)N(C)[C@@H](C(C)C)C(=O)N1C. The molecular formula is C72H124F3N13O15. The highest BCUT2D eigenvalue weighted by Gasteiger charge is 2.48. The fourth-order valence-electron chi connectivity index (χ4n) is 13.1. The maximum atomic E-state index is 15.6. The van der Waals surface area contributed by atoms with Crippen LogP contribution in [0.25, 0.3) is 0 Å². The van der Waals surface area contributed by atoms with Crippen molar-refractivity contribution in [2.24, 2.45) is 41.4 Å². The van der Waals surface area contributed by atoms with Crippen LogP contribution in [0.3, 0.4) is 0 Å². The molecule has 2 rings (SSSR count). The van der Waals surface area contributed by atoms with Crippen LogP contribution in [-0.4, -0.2) is 295 Å². The molecule has 0 bridgehead atoms. The first-order valence-electron chi connectivity index (χ1n) is 36.1. The number of carbonyl (C=O) groups excluding carboxylic acids is 13. The average molecular weight is 1470 g/mol. The number of likely N-dealkylation sites (N-methyl/N-ethyl adjacent to an activating group) is 7. The van der Waals surface area contributed by atoms with Crippen LogP contribution in [0.1, 0.15) is 157 Å². The molecule has 0 aromatic carbocycles. The Bertz CT molecular complexity index is 2940. The normalized spacial score (nSPS) is 26.5. The van der Waals surface area contributed by atoms with Crippen LogP contribution in [0, 0.1) is 41.4 Å². The molecule has 0 spiro atoms. The van der Waals surface area contributed by atoms with Crippen molar-refractivity contribution >= 4 is 76.9 Å². The Morgan fingerprint density at radius 3 is 1.47 bits per heavy atom. The summed E-state index contributed by atoms with van der Waals surface area (Å²) in [6, 6.07) is -15.2. The standard InChI is InChI=1S/C72H124F3N13O15/c1-26-28-29-45(13)60(103-50(18)89)59-64(94)78-51(27-2)67(97)80(19)49(17)66(96)85(24)58(46(14)37-102-38-55(90)88-32-30-87(31-33-88)39-72(73,74)75)63(93)79-56(43(9)10)70(100)81(20)52(34-40(3)4)62(92)76-47(15)61(91)77-48(16)65(95)82(21)53(35-41(5)6)68(98)83(22)54(36-42(7)8)69(99)84(23)57(44(11)12)71(101)86(59)25/h26,28,40-49,51-54,56-60H,27,29-39H2,1-25H3,(H,76,92)(H,77,91)(H,78,94)(H,79,93)/b28-26+/t45-,46-,47+,48-,49-,51+,52+,53+,54+,56+,57+,58+,59+,60-/m1/s1. The summed E-state index contributed by atoms with van der Waals surface area (Å²) in [7, 11) is 9.49. The van der Waals surface area contributed by atoms with Gasteiger partial charge >= 0.3 is 12.1 Å². The highest BCUT2D eigenvalue weighted by molar-refractivity contribution is 6.00. The van der Waals surface area contributed by atoms with Crippen molar-refractivity contribution in [2.45, 2.75) is 235 Å².